The van der Waals surface area contributed by atoms with Crippen molar-refractivity contribution in [2.24, 2.45) is 0 Å². The monoisotopic (exact) mass is 241 g/mol. The van der Waals surface area contributed by atoms with E-state index in [2.05, 4.69) is 5.92 Å². The van der Waals surface area contributed by atoms with Crippen LogP contribution in [-0.2, 0) is 9.47 Å². The van der Waals surface area contributed by atoms with Crippen molar-refractivity contribution in [2.45, 2.75) is 39.2 Å². The zero-order valence-electron chi connectivity index (χ0n) is 11.3. The summed E-state index contributed by atoms with van der Waals surface area (Å²) < 4.78 is 10.5. The van der Waals surface area contributed by atoms with Gasteiger partial charge in [0.15, 0.2) is 0 Å². The maximum atomic E-state index is 11.6. The SMILES string of the molecule is C#CCCOCCCN(C)C(=O)OC(C)(C)C. The van der Waals surface area contributed by atoms with E-state index >= 15 is 0 Å². The van der Waals surface area contributed by atoms with E-state index in [0.717, 1.165) is 6.42 Å². The lowest BCUT2D eigenvalue weighted by Crippen LogP contribution is -2.35. The van der Waals surface area contributed by atoms with Crippen molar-refractivity contribution in [3.05, 3.63) is 0 Å². The van der Waals surface area contributed by atoms with Gasteiger partial charge in [0.25, 0.3) is 0 Å². The lowest BCUT2D eigenvalue weighted by Gasteiger charge is -2.24. The number of carbonyl (C=O) groups excluding carboxylic acids is 1. The van der Waals surface area contributed by atoms with Crippen LogP contribution >= 0.6 is 0 Å². The Bertz CT molecular complexity index is 263. The third-order valence-corrected chi connectivity index (χ3v) is 1.88. The molecule has 0 spiro atoms. The molecule has 0 unspecified atom stereocenters. The van der Waals surface area contributed by atoms with Gasteiger partial charge < -0.3 is 14.4 Å². The average molecular weight is 241 g/mol. The van der Waals surface area contributed by atoms with E-state index in [9.17, 15) is 4.79 Å². The zero-order valence-corrected chi connectivity index (χ0v) is 11.3. The third-order valence-electron chi connectivity index (χ3n) is 1.88. The van der Waals surface area contributed by atoms with Crippen molar-refractivity contribution in [1.82, 2.24) is 4.90 Å². The summed E-state index contributed by atoms with van der Waals surface area (Å²) in [6.07, 6.45) is 6.19. The number of rotatable bonds is 6. The quantitative estimate of drug-likeness (QED) is 0.529. The lowest BCUT2D eigenvalue weighted by molar-refractivity contribution is 0.0280. The molecule has 0 N–H and O–H groups in total. The molecule has 0 bridgehead atoms. The fourth-order valence-electron chi connectivity index (χ4n) is 1.07. The van der Waals surface area contributed by atoms with E-state index < -0.39 is 5.60 Å². The summed E-state index contributed by atoms with van der Waals surface area (Å²) in [6, 6.07) is 0. The molecule has 4 heteroatoms. The molecule has 0 aromatic heterocycles. The smallest absolute Gasteiger partial charge is 0.410 e. The number of carbonyl (C=O) groups is 1. The van der Waals surface area contributed by atoms with Gasteiger partial charge in [-0.3, -0.25) is 0 Å². The molecule has 0 aromatic carbocycles. The Morgan fingerprint density at radius 2 is 2.00 bits per heavy atom. The van der Waals surface area contributed by atoms with Gasteiger partial charge in [0, 0.05) is 26.6 Å². The number of ether oxygens (including phenoxy) is 2. The number of terminal acetylenes is 1. The van der Waals surface area contributed by atoms with Crippen LogP contribution in [0.5, 0.6) is 0 Å². The Kier molecular flexibility index (Phi) is 7.40. The van der Waals surface area contributed by atoms with Gasteiger partial charge in [-0.1, -0.05) is 0 Å². The summed E-state index contributed by atoms with van der Waals surface area (Å²) in [5.41, 5.74) is -0.450. The van der Waals surface area contributed by atoms with Gasteiger partial charge in [-0.25, -0.2) is 4.79 Å². The first kappa shape index (κ1) is 15.8. The van der Waals surface area contributed by atoms with Gasteiger partial charge in [0.2, 0.25) is 0 Å². The molecule has 0 aromatic rings. The normalized spacial score (nSPS) is 10.8. The molecular formula is C13H23NO3. The minimum atomic E-state index is -0.450. The van der Waals surface area contributed by atoms with Gasteiger partial charge in [-0.05, 0) is 27.2 Å². The molecule has 17 heavy (non-hydrogen) atoms. The van der Waals surface area contributed by atoms with Crippen LogP contribution in [0.2, 0.25) is 0 Å². The largest absolute Gasteiger partial charge is 0.444 e. The average Bonchev–Trinajstić information content (AvgIpc) is 2.20. The fourth-order valence-corrected chi connectivity index (χ4v) is 1.07. The Balaban J connectivity index is 3.62. The summed E-state index contributed by atoms with van der Waals surface area (Å²) in [5, 5.41) is 0. The second kappa shape index (κ2) is 7.97. The number of amides is 1. The van der Waals surface area contributed by atoms with Gasteiger partial charge in [-0.15, -0.1) is 12.3 Å². The maximum Gasteiger partial charge on any atom is 0.410 e. The highest BCUT2D eigenvalue weighted by Crippen LogP contribution is 2.09. The number of hydrogen-bond donors (Lipinski definition) is 0. The van der Waals surface area contributed by atoms with Crippen LogP contribution in [0.25, 0.3) is 0 Å². The number of nitrogens with zero attached hydrogens (tertiary/aromatic N) is 1. The lowest BCUT2D eigenvalue weighted by atomic mass is 10.2. The Morgan fingerprint density at radius 3 is 2.53 bits per heavy atom. The highest BCUT2D eigenvalue weighted by Gasteiger charge is 2.18. The highest BCUT2D eigenvalue weighted by atomic mass is 16.6. The van der Waals surface area contributed by atoms with E-state index in [1.807, 2.05) is 20.8 Å². The molecule has 0 aliphatic rings. The summed E-state index contributed by atoms with van der Waals surface area (Å²) in [5.74, 6) is 2.50. The summed E-state index contributed by atoms with van der Waals surface area (Å²) >= 11 is 0. The molecule has 98 valence electrons. The minimum absolute atomic E-state index is 0.305. The predicted octanol–water partition coefficient (Wildman–Crippen LogP) is 2.28. The summed E-state index contributed by atoms with van der Waals surface area (Å²) in [4.78, 5) is 13.1. The standard InChI is InChI=1S/C13H23NO3/c1-6-7-10-16-11-8-9-14(5)12(15)17-13(2,3)4/h1H,7-11H2,2-5H3. The number of hydrogen-bond acceptors (Lipinski definition) is 3. The molecule has 0 heterocycles. The van der Waals surface area contributed by atoms with E-state index in [1.165, 1.54) is 0 Å². The van der Waals surface area contributed by atoms with Crippen LogP contribution in [-0.4, -0.2) is 43.4 Å². The molecule has 0 saturated carbocycles. The topological polar surface area (TPSA) is 38.8 Å². The molecule has 0 saturated heterocycles. The Hall–Kier alpha value is -1.21. The predicted molar refractivity (Wildman–Crippen MR) is 67.8 cm³/mol. The van der Waals surface area contributed by atoms with Crippen molar-refractivity contribution in [3.8, 4) is 12.3 Å². The van der Waals surface area contributed by atoms with Crippen molar-refractivity contribution in [3.63, 3.8) is 0 Å². The molecule has 4 nitrogen and oxygen atoms in total. The van der Waals surface area contributed by atoms with Gasteiger partial charge in [-0.2, -0.15) is 0 Å². The first-order chi connectivity index (χ1) is 7.87. The fraction of sp³-hybridized carbons (Fsp3) is 0.769. The van der Waals surface area contributed by atoms with Crippen molar-refractivity contribution >= 4 is 6.09 Å². The second-order valence-corrected chi connectivity index (χ2v) is 4.82. The van der Waals surface area contributed by atoms with Crippen LogP contribution in [0.4, 0.5) is 4.79 Å². The van der Waals surface area contributed by atoms with Crippen LogP contribution in [0.15, 0.2) is 0 Å². The maximum absolute atomic E-state index is 11.6. The van der Waals surface area contributed by atoms with Crippen LogP contribution in [0.1, 0.15) is 33.6 Å². The molecule has 0 aliphatic heterocycles. The van der Waals surface area contributed by atoms with Gasteiger partial charge in [0.1, 0.15) is 5.60 Å². The molecule has 0 rings (SSSR count). The molecule has 0 atom stereocenters. The second-order valence-electron chi connectivity index (χ2n) is 4.82. The van der Waals surface area contributed by atoms with E-state index in [4.69, 9.17) is 15.9 Å². The van der Waals surface area contributed by atoms with Gasteiger partial charge >= 0.3 is 6.09 Å². The summed E-state index contributed by atoms with van der Waals surface area (Å²) in [7, 11) is 1.72. The molecule has 1 amide bonds. The highest BCUT2D eigenvalue weighted by molar-refractivity contribution is 5.67. The Morgan fingerprint density at radius 1 is 1.35 bits per heavy atom. The first-order valence-electron chi connectivity index (χ1n) is 5.82. The van der Waals surface area contributed by atoms with Crippen molar-refractivity contribution < 1.29 is 14.3 Å². The summed E-state index contributed by atoms with van der Waals surface area (Å²) in [6.45, 7) is 7.34. The van der Waals surface area contributed by atoms with E-state index in [1.54, 1.807) is 11.9 Å². The minimum Gasteiger partial charge on any atom is -0.444 e. The van der Waals surface area contributed by atoms with Crippen LogP contribution in [0, 0.1) is 12.3 Å². The molecule has 0 radical (unpaired) electrons. The molecule has 0 fully saturated rings. The van der Waals surface area contributed by atoms with Crippen LogP contribution in [0.3, 0.4) is 0 Å². The molecule has 0 aliphatic carbocycles. The van der Waals surface area contributed by atoms with Crippen molar-refractivity contribution in [2.75, 3.05) is 26.8 Å². The zero-order chi connectivity index (χ0) is 13.3. The van der Waals surface area contributed by atoms with Crippen molar-refractivity contribution in [1.29, 1.82) is 0 Å². The first-order valence-corrected chi connectivity index (χ1v) is 5.82. The Labute approximate surface area is 104 Å². The third kappa shape index (κ3) is 9.70. The van der Waals surface area contributed by atoms with E-state index in [0.29, 0.717) is 26.2 Å². The van der Waals surface area contributed by atoms with Gasteiger partial charge in [0.05, 0.1) is 6.61 Å². The van der Waals surface area contributed by atoms with Crippen LogP contribution < -0.4 is 0 Å². The molecular weight excluding hydrogens is 218 g/mol. The van der Waals surface area contributed by atoms with E-state index in [-0.39, 0.29) is 6.09 Å².